The molecule has 1 aliphatic rings. The first-order valence-electron chi connectivity index (χ1n) is 5.46. The molecule has 0 saturated carbocycles. The molecule has 0 spiro atoms. The van der Waals surface area contributed by atoms with Gasteiger partial charge >= 0.3 is 5.97 Å². The van der Waals surface area contributed by atoms with Crippen molar-refractivity contribution in [2.45, 2.75) is 13.8 Å². The highest BCUT2D eigenvalue weighted by molar-refractivity contribution is 6.01. The van der Waals surface area contributed by atoms with E-state index in [4.69, 9.17) is 0 Å². The molecule has 16 heavy (non-hydrogen) atoms. The first-order valence-corrected chi connectivity index (χ1v) is 5.46. The summed E-state index contributed by atoms with van der Waals surface area (Å²) in [4.78, 5) is 27.5. The van der Waals surface area contributed by atoms with Crippen LogP contribution in [-0.4, -0.2) is 62.0 Å². The lowest BCUT2D eigenvalue weighted by molar-refractivity contribution is -0.161. The molecule has 1 rings (SSSR count). The van der Waals surface area contributed by atoms with Crippen molar-refractivity contribution in [3.8, 4) is 0 Å². The molecule has 1 fully saturated rings. The van der Waals surface area contributed by atoms with Crippen molar-refractivity contribution in [1.29, 1.82) is 0 Å². The number of rotatable bonds is 2. The van der Waals surface area contributed by atoms with E-state index in [2.05, 4.69) is 9.64 Å². The highest BCUT2D eigenvalue weighted by Crippen LogP contribution is 2.21. The molecule has 0 aliphatic carbocycles. The second kappa shape index (κ2) is 4.82. The number of amides is 1. The van der Waals surface area contributed by atoms with Gasteiger partial charge in [-0.1, -0.05) is 0 Å². The number of likely N-dealkylation sites (N-methyl/N-ethyl adjacent to an activating group) is 1. The fraction of sp³-hybridized carbons (Fsp3) is 0.818. The summed E-state index contributed by atoms with van der Waals surface area (Å²) in [6.07, 6.45) is 0. The van der Waals surface area contributed by atoms with Crippen molar-refractivity contribution < 1.29 is 14.3 Å². The van der Waals surface area contributed by atoms with Crippen LogP contribution >= 0.6 is 0 Å². The van der Waals surface area contributed by atoms with Crippen molar-refractivity contribution in [2.24, 2.45) is 5.41 Å². The number of carbonyl (C=O) groups is 2. The van der Waals surface area contributed by atoms with E-state index in [1.807, 2.05) is 7.05 Å². The summed E-state index contributed by atoms with van der Waals surface area (Å²) in [6.45, 7) is 6.27. The Bertz CT molecular complexity index is 281. The zero-order chi connectivity index (χ0) is 12.3. The SMILES string of the molecule is COC(=O)C(C)(C)C(=O)N1CCN(C)CC1. The molecule has 0 radical (unpaired) electrons. The molecule has 0 atom stereocenters. The van der Waals surface area contributed by atoms with Crippen molar-refractivity contribution in [2.75, 3.05) is 40.3 Å². The summed E-state index contributed by atoms with van der Waals surface area (Å²) in [5, 5.41) is 0. The minimum absolute atomic E-state index is 0.146. The summed E-state index contributed by atoms with van der Waals surface area (Å²) in [5.74, 6) is -0.621. The van der Waals surface area contributed by atoms with Gasteiger partial charge in [0.05, 0.1) is 7.11 Å². The topological polar surface area (TPSA) is 49.9 Å². The smallest absolute Gasteiger partial charge is 0.320 e. The van der Waals surface area contributed by atoms with Crippen LogP contribution in [0.1, 0.15) is 13.8 Å². The van der Waals surface area contributed by atoms with E-state index < -0.39 is 11.4 Å². The van der Waals surface area contributed by atoms with Crippen molar-refractivity contribution in [3.05, 3.63) is 0 Å². The van der Waals surface area contributed by atoms with Crippen LogP contribution in [0.4, 0.5) is 0 Å². The van der Waals surface area contributed by atoms with Crippen LogP contribution in [0, 0.1) is 5.41 Å². The third-order valence-corrected chi connectivity index (χ3v) is 3.02. The van der Waals surface area contributed by atoms with Gasteiger partial charge < -0.3 is 14.5 Å². The van der Waals surface area contributed by atoms with Crippen molar-refractivity contribution >= 4 is 11.9 Å². The van der Waals surface area contributed by atoms with E-state index in [-0.39, 0.29) is 5.91 Å². The molecule has 1 saturated heterocycles. The minimum Gasteiger partial charge on any atom is -0.468 e. The largest absolute Gasteiger partial charge is 0.468 e. The van der Waals surface area contributed by atoms with Crippen LogP contribution < -0.4 is 0 Å². The lowest BCUT2D eigenvalue weighted by Crippen LogP contribution is -2.53. The summed E-state index contributed by atoms with van der Waals surface area (Å²) < 4.78 is 4.65. The Morgan fingerprint density at radius 3 is 2.06 bits per heavy atom. The molecule has 1 amide bonds. The highest BCUT2D eigenvalue weighted by atomic mass is 16.5. The molecule has 0 N–H and O–H groups in total. The van der Waals surface area contributed by atoms with Crippen LogP contribution in [0.5, 0.6) is 0 Å². The summed E-state index contributed by atoms with van der Waals surface area (Å²) in [5.41, 5.74) is -1.08. The Balaban J connectivity index is 2.67. The number of hydrogen-bond donors (Lipinski definition) is 0. The number of ether oxygens (including phenoxy) is 1. The third-order valence-electron chi connectivity index (χ3n) is 3.02. The Morgan fingerprint density at radius 2 is 1.62 bits per heavy atom. The quantitative estimate of drug-likeness (QED) is 0.491. The van der Waals surface area contributed by atoms with Gasteiger partial charge in [-0.2, -0.15) is 0 Å². The maximum atomic E-state index is 12.1. The van der Waals surface area contributed by atoms with E-state index in [1.54, 1.807) is 18.7 Å². The molecule has 0 aromatic carbocycles. The monoisotopic (exact) mass is 228 g/mol. The van der Waals surface area contributed by atoms with Gasteiger partial charge in [0.1, 0.15) is 5.41 Å². The lowest BCUT2D eigenvalue weighted by Gasteiger charge is -2.36. The normalized spacial score (nSPS) is 18.4. The van der Waals surface area contributed by atoms with Crippen molar-refractivity contribution in [1.82, 2.24) is 9.80 Å². The average Bonchev–Trinajstić information content (AvgIpc) is 2.28. The van der Waals surface area contributed by atoms with Gasteiger partial charge in [-0.15, -0.1) is 0 Å². The summed E-state index contributed by atoms with van der Waals surface area (Å²) in [6, 6.07) is 0. The number of methoxy groups -OCH3 is 1. The lowest BCUT2D eigenvalue weighted by atomic mass is 9.91. The fourth-order valence-electron chi connectivity index (χ4n) is 1.75. The van der Waals surface area contributed by atoms with Gasteiger partial charge in [0.2, 0.25) is 5.91 Å². The van der Waals surface area contributed by atoms with Gasteiger partial charge in [0, 0.05) is 26.2 Å². The van der Waals surface area contributed by atoms with Gasteiger partial charge in [-0.25, -0.2) is 0 Å². The molecule has 0 bridgehead atoms. The first kappa shape index (κ1) is 13.0. The van der Waals surface area contributed by atoms with Gasteiger partial charge in [0.15, 0.2) is 0 Å². The van der Waals surface area contributed by atoms with Crippen molar-refractivity contribution in [3.63, 3.8) is 0 Å². The Kier molecular flexibility index (Phi) is 3.91. The number of esters is 1. The predicted octanol–water partition coefficient (Wildman–Crippen LogP) is -0.0404. The number of hydrogen-bond acceptors (Lipinski definition) is 4. The molecule has 1 heterocycles. The maximum absolute atomic E-state index is 12.1. The molecular weight excluding hydrogens is 208 g/mol. The second-order valence-electron chi connectivity index (χ2n) is 4.71. The number of piperazine rings is 1. The predicted molar refractivity (Wildman–Crippen MR) is 59.9 cm³/mol. The average molecular weight is 228 g/mol. The molecule has 0 unspecified atom stereocenters. The molecule has 92 valence electrons. The minimum atomic E-state index is -1.08. The Morgan fingerprint density at radius 1 is 1.12 bits per heavy atom. The zero-order valence-electron chi connectivity index (χ0n) is 10.4. The van der Waals surface area contributed by atoms with E-state index >= 15 is 0 Å². The van der Waals surface area contributed by atoms with Gasteiger partial charge in [0.25, 0.3) is 0 Å². The van der Waals surface area contributed by atoms with E-state index in [9.17, 15) is 9.59 Å². The van der Waals surface area contributed by atoms with E-state index in [0.717, 1.165) is 13.1 Å². The Hall–Kier alpha value is -1.10. The Labute approximate surface area is 96.3 Å². The summed E-state index contributed by atoms with van der Waals surface area (Å²) >= 11 is 0. The van der Waals surface area contributed by atoms with Crippen LogP contribution in [0.15, 0.2) is 0 Å². The molecule has 0 aromatic heterocycles. The standard InChI is InChI=1S/C11H20N2O3/c1-11(2,10(15)16-4)9(14)13-7-5-12(3)6-8-13/h5-8H2,1-4H3. The molecule has 1 aliphatic heterocycles. The summed E-state index contributed by atoms with van der Waals surface area (Å²) in [7, 11) is 3.33. The molecule has 5 heteroatoms. The fourth-order valence-corrected chi connectivity index (χ4v) is 1.75. The zero-order valence-corrected chi connectivity index (χ0v) is 10.4. The van der Waals surface area contributed by atoms with Crippen LogP contribution in [-0.2, 0) is 14.3 Å². The highest BCUT2D eigenvalue weighted by Gasteiger charge is 2.40. The third kappa shape index (κ3) is 2.52. The molecule has 0 aromatic rings. The number of nitrogens with zero attached hydrogens (tertiary/aromatic N) is 2. The molecular formula is C11H20N2O3. The van der Waals surface area contributed by atoms with Crippen LogP contribution in [0.3, 0.4) is 0 Å². The second-order valence-corrected chi connectivity index (χ2v) is 4.71. The maximum Gasteiger partial charge on any atom is 0.320 e. The van der Waals surface area contributed by atoms with Gasteiger partial charge in [-0.05, 0) is 20.9 Å². The van der Waals surface area contributed by atoms with E-state index in [1.165, 1.54) is 7.11 Å². The first-order chi connectivity index (χ1) is 7.39. The number of carbonyl (C=O) groups excluding carboxylic acids is 2. The van der Waals surface area contributed by atoms with Crippen LogP contribution in [0.25, 0.3) is 0 Å². The van der Waals surface area contributed by atoms with Crippen LogP contribution in [0.2, 0.25) is 0 Å². The van der Waals surface area contributed by atoms with E-state index in [0.29, 0.717) is 13.1 Å². The van der Waals surface area contributed by atoms with Gasteiger partial charge in [-0.3, -0.25) is 9.59 Å². The molecule has 5 nitrogen and oxygen atoms in total.